The van der Waals surface area contributed by atoms with Gasteiger partial charge in [-0.3, -0.25) is 0 Å². The van der Waals surface area contributed by atoms with Crippen LogP contribution in [0.3, 0.4) is 0 Å². The van der Waals surface area contributed by atoms with Gasteiger partial charge in [0.05, 0.1) is 0 Å². The lowest BCUT2D eigenvalue weighted by Gasteiger charge is -2.41. The van der Waals surface area contributed by atoms with Gasteiger partial charge in [0, 0.05) is 11.5 Å². The Labute approximate surface area is 98.4 Å². The van der Waals surface area contributed by atoms with Crippen molar-refractivity contribution < 1.29 is 0 Å². The van der Waals surface area contributed by atoms with Crippen molar-refractivity contribution in [2.24, 2.45) is 5.73 Å². The molecule has 2 rings (SSSR count). The van der Waals surface area contributed by atoms with Crippen LogP contribution in [0.5, 0.6) is 0 Å². The Bertz CT molecular complexity index is 344. The third kappa shape index (κ3) is 2.19. The van der Waals surface area contributed by atoms with Crippen molar-refractivity contribution in [2.45, 2.75) is 43.6 Å². The Morgan fingerprint density at radius 3 is 2.75 bits per heavy atom. The van der Waals surface area contributed by atoms with Crippen molar-refractivity contribution in [1.82, 2.24) is 0 Å². The summed E-state index contributed by atoms with van der Waals surface area (Å²) in [4.78, 5) is 0. The molecular weight excluding hydrogens is 194 g/mol. The van der Waals surface area contributed by atoms with Crippen molar-refractivity contribution >= 4 is 0 Å². The second-order valence-electron chi connectivity index (χ2n) is 4.94. The van der Waals surface area contributed by atoms with E-state index < -0.39 is 0 Å². The Morgan fingerprint density at radius 1 is 1.31 bits per heavy atom. The highest BCUT2D eigenvalue weighted by Gasteiger charge is 2.36. The molecule has 16 heavy (non-hydrogen) atoms. The second-order valence-corrected chi connectivity index (χ2v) is 4.94. The molecule has 1 aliphatic carbocycles. The van der Waals surface area contributed by atoms with Crippen LogP contribution >= 0.6 is 0 Å². The van der Waals surface area contributed by atoms with Crippen molar-refractivity contribution in [3.63, 3.8) is 0 Å². The second kappa shape index (κ2) is 4.84. The van der Waals surface area contributed by atoms with E-state index in [2.05, 4.69) is 36.9 Å². The molecule has 1 aromatic carbocycles. The first-order valence-electron chi connectivity index (χ1n) is 6.21. The highest BCUT2D eigenvalue weighted by atomic mass is 14.8. The maximum atomic E-state index is 6.57. The van der Waals surface area contributed by atoms with Crippen molar-refractivity contribution in [2.75, 3.05) is 0 Å². The summed E-state index contributed by atoms with van der Waals surface area (Å²) in [6.07, 6.45) is 7.80. The zero-order valence-electron chi connectivity index (χ0n) is 9.86. The summed E-state index contributed by atoms with van der Waals surface area (Å²) in [5.41, 5.74) is 7.90. The van der Waals surface area contributed by atoms with Crippen molar-refractivity contribution in [1.29, 1.82) is 0 Å². The van der Waals surface area contributed by atoms with E-state index >= 15 is 0 Å². The molecule has 0 aromatic heterocycles. The molecule has 1 unspecified atom stereocenters. The van der Waals surface area contributed by atoms with Gasteiger partial charge in [-0.25, -0.2) is 0 Å². The summed E-state index contributed by atoms with van der Waals surface area (Å²) in [6.45, 7) is 3.85. The van der Waals surface area contributed by atoms with Crippen molar-refractivity contribution in [3.8, 4) is 0 Å². The van der Waals surface area contributed by atoms with Gasteiger partial charge in [0.25, 0.3) is 0 Å². The van der Waals surface area contributed by atoms with E-state index in [4.69, 9.17) is 5.73 Å². The molecule has 0 heterocycles. The summed E-state index contributed by atoms with van der Waals surface area (Å²) in [5, 5.41) is 0. The summed E-state index contributed by atoms with van der Waals surface area (Å²) in [7, 11) is 0. The predicted octanol–water partition coefficient (Wildman–Crippen LogP) is 3.62. The molecule has 1 fully saturated rings. The summed E-state index contributed by atoms with van der Waals surface area (Å²) in [5.74, 6) is 0.500. The minimum Gasteiger partial charge on any atom is -0.324 e. The van der Waals surface area contributed by atoms with Crippen LogP contribution < -0.4 is 5.73 Å². The van der Waals surface area contributed by atoms with Crippen LogP contribution in [0.15, 0.2) is 43.0 Å². The van der Waals surface area contributed by atoms with Crippen LogP contribution in [0.1, 0.15) is 43.6 Å². The van der Waals surface area contributed by atoms with Gasteiger partial charge in [0.15, 0.2) is 0 Å². The van der Waals surface area contributed by atoms with Crippen LogP contribution in [0, 0.1) is 0 Å². The standard InChI is InChI=1S/C15H21N/c1-2-11-15(16)12-7-6-10-14(15)13-8-4-3-5-9-13/h2-5,8-9,14H,1,6-7,10-12,16H2/t14?,15-/m1/s1. The molecule has 1 saturated carbocycles. The SMILES string of the molecule is C=CC[C@@]1(N)CCCCC1c1ccccc1. The highest BCUT2D eigenvalue weighted by molar-refractivity contribution is 5.25. The molecule has 1 aliphatic rings. The molecule has 0 aliphatic heterocycles. The van der Waals surface area contributed by atoms with E-state index in [0.29, 0.717) is 5.92 Å². The normalized spacial score (nSPS) is 29.9. The van der Waals surface area contributed by atoms with Crippen LogP contribution in [0.4, 0.5) is 0 Å². The quantitative estimate of drug-likeness (QED) is 0.766. The maximum absolute atomic E-state index is 6.57. The minimum atomic E-state index is -0.0681. The number of hydrogen-bond acceptors (Lipinski definition) is 1. The molecule has 0 amide bonds. The van der Waals surface area contributed by atoms with Crippen LogP contribution in [-0.4, -0.2) is 5.54 Å². The molecule has 0 bridgehead atoms. The smallest absolute Gasteiger partial charge is 0.0258 e. The monoisotopic (exact) mass is 215 g/mol. The van der Waals surface area contributed by atoms with Crippen LogP contribution in [0.25, 0.3) is 0 Å². The topological polar surface area (TPSA) is 26.0 Å². The third-order valence-electron chi connectivity index (χ3n) is 3.81. The van der Waals surface area contributed by atoms with Gasteiger partial charge in [0.1, 0.15) is 0 Å². The molecule has 0 spiro atoms. The van der Waals surface area contributed by atoms with Gasteiger partial charge in [-0.05, 0) is 24.8 Å². The van der Waals surface area contributed by atoms with Gasteiger partial charge in [-0.15, -0.1) is 6.58 Å². The van der Waals surface area contributed by atoms with Gasteiger partial charge in [-0.2, -0.15) is 0 Å². The van der Waals surface area contributed by atoms with Crippen LogP contribution in [-0.2, 0) is 0 Å². The minimum absolute atomic E-state index is 0.0681. The summed E-state index contributed by atoms with van der Waals surface area (Å²) >= 11 is 0. The molecule has 1 aromatic rings. The average molecular weight is 215 g/mol. The fraction of sp³-hybridized carbons (Fsp3) is 0.467. The maximum Gasteiger partial charge on any atom is 0.0258 e. The van der Waals surface area contributed by atoms with E-state index in [1.807, 2.05) is 6.08 Å². The molecule has 86 valence electrons. The van der Waals surface area contributed by atoms with E-state index in [0.717, 1.165) is 12.8 Å². The Balaban J connectivity index is 2.26. The van der Waals surface area contributed by atoms with Gasteiger partial charge < -0.3 is 5.73 Å². The van der Waals surface area contributed by atoms with E-state index in [9.17, 15) is 0 Å². The fourth-order valence-electron chi connectivity index (χ4n) is 2.96. The van der Waals surface area contributed by atoms with Gasteiger partial charge in [0.2, 0.25) is 0 Å². The molecule has 0 saturated heterocycles. The number of benzene rings is 1. The first-order chi connectivity index (χ1) is 7.76. The first-order valence-corrected chi connectivity index (χ1v) is 6.21. The molecule has 0 radical (unpaired) electrons. The lowest BCUT2D eigenvalue weighted by atomic mass is 9.68. The van der Waals surface area contributed by atoms with Gasteiger partial charge >= 0.3 is 0 Å². The highest BCUT2D eigenvalue weighted by Crippen LogP contribution is 2.41. The average Bonchev–Trinajstić information content (AvgIpc) is 2.31. The lowest BCUT2D eigenvalue weighted by molar-refractivity contribution is 0.253. The van der Waals surface area contributed by atoms with E-state index in [1.165, 1.54) is 24.8 Å². The molecule has 2 N–H and O–H groups in total. The zero-order valence-corrected chi connectivity index (χ0v) is 9.86. The number of nitrogens with two attached hydrogens (primary N) is 1. The predicted molar refractivity (Wildman–Crippen MR) is 69.4 cm³/mol. The fourth-order valence-corrected chi connectivity index (χ4v) is 2.96. The molecular formula is C15H21N. The summed E-state index contributed by atoms with van der Waals surface area (Å²) < 4.78 is 0. The summed E-state index contributed by atoms with van der Waals surface area (Å²) in [6, 6.07) is 10.7. The Kier molecular flexibility index (Phi) is 3.45. The number of hydrogen-bond donors (Lipinski definition) is 1. The first kappa shape index (κ1) is 11.4. The Morgan fingerprint density at radius 2 is 2.06 bits per heavy atom. The van der Waals surface area contributed by atoms with Crippen molar-refractivity contribution in [3.05, 3.63) is 48.6 Å². The Hall–Kier alpha value is -1.08. The number of rotatable bonds is 3. The van der Waals surface area contributed by atoms with E-state index in [-0.39, 0.29) is 5.54 Å². The molecule has 2 atom stereocenters. The molecule has 1 heteroatoms. The third-order valence-corrected chi connectivity index (χ3v) is 3.81. The largest absolute Gasteiger partial charge is 0.324 e. The zero-order chi connectivity index (χ0) is 11.4. The van der Waals surface area contributed by atoms with Crippen LogP contribution in [0.2, 0.25) is 0 Å². The van der Waals surface area contributed by atoms with E-state index in [1.54, 1.807) is 0 Å². The lowest BCUT2D eigenvalue weighted by Crippen LogP contribution is -2.47. The molecule has 1 nitrogen and oxygen atoms in total. The van der Waals surface area contributed by atoms with Gasteiger partial charge in [-0.1, -0.05) is 49.2 Å².